The molecule has 0 radical (unpaired) electrons. The molecule has 0 saturated heterocycles. The molecule has 3 aromatic rings. The smallest absolute Gasteiger partial charge is 0.157 e. The first-order chi connectivity index (χ1) is 13.2. The van der Waals surface area contributed by atoms with Gasteiger partial charge in [0.2, 0.25) is 0 Å². The summed E-state index contributed by atoms with van der Waals surface area (Å²) in [5.74, 6) is -0.309. The summed E-state index contributed by atoms with van der Waals surface area (Å²) in [6.07, 6.45) is 2.58. The van der Waals surface area contributed by atoms with E-state index in [1.54, 1.807) is 6.07 Å². The maximum absolute atomic E-state index is 10.7. The van der Waals surface area contributed by atoms with Crippen molar-refractivity contribution in [3.63, 3.8) is 0 Å². The molecule has 1 fully saturated rings. The first-order valence-corrected chi connectivity index (χ1v) is 9.48. The molecule has 2 aromatic carbocycles. The monoisotopic (exact) mass is 380 g/mol. The van der Waals surface area contributed by atoms with E-state index in [9.17, 15) is 9.90 Å². The van der Waals surface area contributed by atoms with Crippen LogP contribution >= 0.6 is 0 Å². The Morgan fingerprint density at radius 2 is 1.75 bits per heavy atom. The summed E-state index contributed by atoms with van der Waals surface area (Å²) in [6, 6.07) is 13.2. The number of H-pyrrole nitrogens is 1. The lowest BCUT2D eigenvalue weighted by atomic mass is 9.92. The molecular formula is C23H28N2O3. The molecule has 5 heteroatoms. The van der Waals surface area contributed by atoms with Gasteiger partial charge < -0.3 is 25.3 Å². The van der Waals surface area contributed by atoms with Crippen molar-refractivity contribution in [1.29, 1.82) is 0 Å². The van der Waals surface area contributed by atoms with Crippen LogP contribution in [0.1, 0.15) is 44.9 Å². The first kappa shape index (κ1) is 19.8. The number of nitrogens with one attached hydrogen (secondary N) is 2. The van der Waals surface area contributed by atoms with Crippen LogP contribution in [0.5, 0.6) is 11.5 Å². The van der Waals surface area contributed by atoms with E-state index in [0.29, 0.717) is 0 Å². The number of aromatic hydroxyl groups is 2. The second-order valence-electron chi connectivity index (χ2n) is 8.46. The summed E-state index contributed by atoms with van der Waals surface area (Å²) in [5.41, 5.74) is 4.23. The molecule has 1 heterocycles. The van der Waals surface area contributed by atoms with Crippen molar-refractivity contribution < 1.29 is 15.0 Å². The Kier molecular flexibility index (Phi) is 5.11. The van der Waals surface area contributed by atoms with Crippen molar-refractivity contribution in [3.05, 3.63) is 53.7 Å². The number of phenols is 2. The molecule has 1 aliphatic carbocycles. The van der Waals surface area contributed by atoms with Gasteiger partial charge in [0.1, 0.15) is 6.29 Å². The van der Waals surface area contributed by atoms with E-state index in [2.05, 4.69) is 55.3 Å². The second-order valence-corrected chi connectivity index (χ2v) is 8.46. The molecule has 0 spiro atoms. The van der Waals surface area contributed by atoms with E-state index in [4.69, 9.17) is 5.11 Å². The maximum Gasteiger partial charge on any atom is 0.157 e. The van der Waals surface area contributed by atoms with Crippen molar-refractivity contribution in [2.45, 2.75) is 44.4 Å². The van der Waals surface area contributed by atoms with E-state index in [-0.39, 0.29) is 22.3 Å². The third-order valence-electron chi connectivity index (χ3n) is 5.28. The van der Waals surface area contributed by atoms with Gasteiger partial charge in [-0.3, -0.25) is 0 Å². The SMILES string of the molecule is CNc1ccc2[nH]c(C(C)(C)C)cc2c1.O=CC1(c2ccc(O)c(O)c2)CC1. The van der Waals surface area contributed by atoms with Gasteiger partial charge in [0.05, 0.1) is 5.41 Å². The third-order valence-corrected chi connectivity index (χ3v) is 5.28. The first-order valence-electron chi connectivity index (χ1n) is 9.48. The zero-order valence-corrected chi connectivity index (χ0v) is 16.8. The van der Waals surface area contributed by atoms with Crippen LogP contribution in [0.4, 0.5) is 5.69 Å². The number of anilines is 1. The number of hydrogen-bond donors (Lipinski definition) is 4. The Balaban J connectivity index is 0.000000162. The minimum atomic E-state index is -0.384. The Morgan fingerprint density at radius 3 is 2.29 bits per heavy atom. The number of aldehydes is 1. The van der Waals surface area contributed by atoms with Crippen LogP contribution in [0.2, 0.25) is 0 Å². The standard InChI is InChI=1S/C13H18N2.C10H10O3/c1-13(2,3)12-8-9-7-10(14-4)5-6-11(9)15-12;11-6-10(3-4-10)7-1-2-8(12)9(13)5-7/h5-8,14-15H,1-4H3;1-2,5-6,12-13H,3-4H2. The van der Waals surface area contributed by atoms with Crippen molar-refractivity contribution in [1.82, 2.24) is 4.98 Å². The highest BCUT2D eigenvalue weighted by molar-refractivity contribution is 5.84. The van der Waals surface area contributed by atoms with Gasteiger partial charge in [0.25, 0.3) is 0 Å². The Morgan fingerprint density at radius 1 is 1.04 bits per heavy atom. The molecule has 0 bridgehead atoms. The van der Waals surface area contributed by atoms with Gasteiger partial charge in [-0.2, -0.15) is 0 Å². The average molecular weight is 380 g/mol. The fourth-order valence-corrected chi connectivity index (χ4v) is 3.13. The number of hydrogen-bond acceptors (Lipinski definition) is 4. The molecule has 0 atom stereocenters. The van der Waals surface area contributed by atoms with Gasteiger partial charge in [-0.1, -0.05) is 26.8 Å². The molecule has 0 aliphatic heterocycles. The van der Waals surface area contributed by atoms with Crippen LogP contribution in [-0.4, -0.2) is 28.5 Å². The molecule has 0 amide bonds. The topological polar surface area (TPSA) is 85.4 Å². The lowest BCUT2D eigenvalue weighted by Gasteiger charge is -2.15. The molecule has 5 nitrogen and oxygen atoms in total. The summed E-state index contributed by atoms with van der Waals surface area (Å²) in [4.78, 5) is 14.2. The highest BCUT2D eigenvalue weighted by atomic mass is 16.3. The van der Waals surface area contributed by atoms with E-state index in [0.717, 1.165) is 30.4 Å². The number of carbonyl (C=O) groups excluding carboxylic acids is 1. The van der Waals surface area contributed by atoms with Gasteiger partial charge in [0.15, 0.2) is 11.5 Å². The molecule has 1 aromatic heterocycles. The number of benzene rings is 2. The van der Waals surface area contributed by atoms with Crippen molar-refractivity contribution in [2.24, 2.45) is 0 Å². The van der Waals surface area contributed by atoms with Gasteiger partial charge >= 0.3 is 0 Å². The molecule has 4 N–H and O–H groups in total. The van der Waals surface area contributed by atoms with E-state index >= 15 is 0 Å². The molecule has 148 valence electrons. The summed E-state index contributed by atoms with van der Waals surface area (Å²) < 4.78 is 0. The van der Waals surface area contributed by atoms with Crippen LogP contribution in [0, 0.1) is 0 Å². The summed E-state index contributed by atoms with van der Waals surface area (Å²) in [6.45, 7) is 6.66. The number of rotatable bonds is 3. The largest absolute Gasteiger partial charge is 0.504 e. The highest BCUT2D eigenvalue weighted by Gasteiger charge is 2.44. The summed E-state index contributed by atoms with van der Waals surface area (Å²) >= 11 is 0. The van der Waals surface area contributed by atoms with E-state index in [1.165, 1.54) is 28.7 Å². The Labute approximate surface area is 165 Å². The highest BCUT2D eigenvalue weighted by Crippen LogP contribution is 2.47. The average Bonchev–Trinajstić information content (AvgIpc) is 3.34. The van der Waals surface area contributed by atoms with E-state index in [1.807, 2.05) is 7.05 Å². The minimum Gasteiger partial charge on any atom is -0.504 e. The normalized spacial score (nSPS) is 14.9. The second kappa shape index (κ2) is 7.23. The van der Waals surface area contributed by atoms with Crippen LogP contribution < -0.4 is 5.32 Å². The molecule has 0 unspecified atom stereocenters. The third kappa shape index (κ3) is 3.98. The number of carbonyl (C=O) groups is 1. The van der Waals surface area contributed by atoms with Gasteiger partial charge in [0, 0.05) is 34.7 Å². The molecule has 28 heavy (non-hydrogen) atoms. The van der Waals surface area contributed by atoms with Crippen molar-refractivity contribution in [2.75, 3.05) is 12.4 Å². The zero-order chi connectivity index (χ0) is 20.5. The number of aromatic nitrogens is 1. The fraction of sp³-hybridized carbons (Fsp3) is 0.348. The lowest BCUT2D eigenvalue weighted by molar-refractivity contribution is -0.109. The quantitative estimate of drug-likeness (QED) is 0.387. The Hall–Kier alpha value is -2.95. The van der Waals surface area contributed by atoms with Crippen molar-refractivity contribution in [3.8, 4) is 11.5 Å². The minimum absolute atomic E-state index is 0.148. The zero-order valence-electron chi connectivity index (χ0n) is 16.8. The number of fused-ring (bicyclic) bond motifs is 1. The Bertz CT molecular complexity index is 995. The predicted octanol–water partition coefficient (Wildman–Crippen LogP) is 4.84. The summed E-state index contributed by atoms with van der Waals surface area (Å²) in [5, 5.41) is 22.7. The van der Waals surface area contributed by atoms with Crippen LogP contribution in [0.15, 0.2) is 42.5 Å². The van der Waals surface area contributed by atoms with Crippen LogP contribution in [0.25, 0.3) is 10.9 Å². The van der Waals surface area contributed by atoms with Gasteiger partial charge in [-0.05, 0) is 54.8 Å². The number of phenolic OH excluding ortho intramolecular Hbond substituents is 2. The predicted molar refractivity (Wildman–Crippen MR) is 113 cm³/mol. The summed E-state index contributed by atoms with van der Waals surface area (Å²) in [7, 11) is 1.94. The van der Waals surface area contributed by atoms with E-state index < -0.39 is 0 Å². The molecule has 1 aliphatic rings. The maximum atomic E-state index is 10.7. The lowest BCUT2D eigenvalue weighted by Crippen LogP contribution is -2.10. The van der Waals surface area contributed by atoms with Crippen LogP contribution in [0.3, 0.4) is 0 Å². The molecule has 4 rings (SSSR count). The van der Waals surface area contributed by atoms with Gasteiger partial charge in [-0.15, -0.1) is 0 Å². The van der Waals surface area contributed by atoms with Gasteiger partial charge in [-0.25, -0.2) is 0 Å². The van der Waals surface area contributed by atoms with Crippen molar-refractivity contribution >= 4 is 22.9 Å². The number of aromatic amines is 1. The fourth-order valence-electron chi connectivity index (χ4n) is 3.13. The molecular weight excluding hydrogens is 352 g/mol. The molecule has 1 saturated carbocycles. The van der Waals surface area contributed by atoms with Crippen LogP contribution in [-0.2, 0) is 15.6 Å².